The number of aromatic nitrogens is 1. The second-order valence-corrected chi connectivity index (χ2v) is 14.4. The lowest BCUT2D eigenvalue weighted by molar-refractivity contribution is 0.611. The normalized spacial score (nSPS) is 12.0. The second-order valence-electron chi connectivity index (χ2n) is 14.4. The SMILES string of the molecule is c1ccc(-c2cc3cc(-c4c5ccccc5c(-c5ccc6c(c5)c5ccccc5n6-c5ccccc5)c5ccccc45)c4c5ccccc5oc4c3o2)cc1. The largest absolute Gasteiger partial charge is 0.452 e. The van der Waals surface area contributed by atoms with Crippen LogP contribution in [0.1, 0.15) is 0 Å². The van der Waals surface area contributed by atoms with Crippen LogP contribution in [0.15, 0.2) is 197 Å². The fourth-order valence-electron chi connectivity index (χ4n) is 9.05. The first-order chi connectivity index (χ1) is 27.3. The summed E-state index contributed by atoms with van der Waals surface area (Å²) >= 11 is 0. The van der Waals surface area contributed by atoms with Crippen molar-refractivity contribution in [3.8, 4) is 39.3 Å². The molecular weight excluding hydrogens is 671 g/mol. The molecule has 256 valence electrons. The van der Waals surface area contributed by atoms with Gasteiger partial charge in [0.05, 0.1) is 11.0 Å². The second kappa shape index (κ2) is 11.6. The zero-order chi connectivity index (χ0) is 36.0. The zero-order valence-electron chi connectivity index (χ0n) is 29.7. The summed E-state index contributed by atoms with van der Waals surface area (Å²) in [5, 5.41) is 10.4. The average molecular weight is 702 g/mol. The van der Waals surface area contributed by atoms with Gasteiger partial charge in [0.25, 0.3) is 0 Å². The summed E-state index contributed by atoms with van der Waals surface area (Å²) in [6, 6.07) is 67.3. The van der Waals surface area contributed by atoms with Gasteiger partial charge in [-0.1, -0.05) is 140 Å². The molecule has 3 nitrogen and oxygen atoms in total. The predicted octanol–water partition coefficient (Wildman–Crippen LogP) is 14.7. The minimum absolute atomic E-state index is 0.766. The Kier molecular flexibility index (Phi) is 6.34. The van der Waals surface area contributed by atoms with Gasteiger partial charge in [-0.3, -0.25) is 0 Å². The van der Waals surface area contributed by atoms with Gasteiger partial charge in [-0.05, 0) is 92.3 Å². The van der Waals surface area contributed by atoms with E-state index in [4.69, 9.17) is 8.83 Å². The number of furan rings is 2. The molecule has 0 spiro atoms. The van der Waals surface area contributed by atoms with E-state index in [1.807, 2.05) is 24.3 Å². The van der Waals surface area contributed by atoms with Gasteiger partial charge in [0.1, 0.15) is 11.3 Å². The van der Waals surface area contributed by atoms with Crippen molar-refractivity contribution in [3.63, 3.8) is 0 Å². The van der Waals surface area contributed by atoms with E-state index in [9.17, 15) is 0 Å². The van der Waals surface area contributed by atoms with Gasteiger partial charge < -0.3 is 13.4 Å². The molecule has 0 bridgehead atoms. The number of fused-ring (bicyclic) bond motifs is 10. The molecule has 0 aliphatic heterocycles. The highest BCUT2D eigenvalue weighted by Gasteiger charge is 2.24. The van der Waals surface area contributed by atoms with E-state index in [1.54, 1.807) is 0 Å². The molecule has 0 unspecified atom stereocenters. The first-order valence-electron chi connectivity index (χ1n) is 18.8. The maximum Gasteiger partial charge on any atom is 0.179 e. The van der Waals surface area contributed by atoms with Gasteiger partial charge in [0, 0.05) is 38.2 Å². The molecule has 0 saturated heterocycles. The molecule has 3 heteroatoms. The van der Waals surface area contributed by atoms with Crippen molar-refractivity contribution in [2.45, 2.75) is 0 Å². The Morgan fingerprint density at radius 1 is 0.364 bits per heavy atom. The number of hydrogen-bond acceptors (Lipinski definition) is 2. The van der Waals surface area contributed by atoms with Gasteiger partial charge in [0.2, 0.25) is 0 Å². The minimum atomic E-state index is 0.766. The van der Waals surface area contributed by atoms with Crippen LogP contribution in [0, 0.1) is 0 Å². The molecule has 12 aromatic rings. The highest BCUT2D eigenvalue weighted by Crippen LogP contribution is 2.50. The van der Waals surface area contributed by atoms with Crippen LogP contribution in [-0.2, 0) is 0 Å². The lowest BCUT2D eigenvalue weighted by Gasteiger charge is -2.18. The average Bonchev–Trinajstić information content (AvgIpc) is 3.95. The van der Waals surface area contributed by atoms with Gasteiger partial charge in [0.15, 0.2) is 11.2 Å². The van der Waals surface area contributed by atoms with Gasteiger partial charge in [-0.15, -0.1) is 0 Å². The molecule has 0 atom stereocenters. The summed E-state index contributed by atoms with van der Waals surface area (Å²) in [6.07, 6.45) is 0. The van der Waals surface area contributed by atoms with Crippen LogP contribution in [0.25, 0.3) is 116 Å². The van der Waals surface area contributed by atoms with Crippen LogP contribution >= 0.6 is 0 Å². The topological polar surface area (TPSA) is 31.2 Å². The van der Waals surface area contributed by atoms with Gasteiger partial charge in [-0.25, -0.2) is 0 Å². The first-order valence-corrected chi connectivity index (χ1v) is 18.8. The van der Waals surface area contributed by atoms with Crippen molar-refractivity contribution < 1.29 is 8.83 Å². The third-order valence-electron chi connectivity index (χ3n) is 11.4. The fraction of sp³-hybridized carbons (Fsp3) is 0. The molecule has 3 heterocycles. The molecule has 0 amide bonds. The standard InChI is InChI=1S/C52H31NO2/c1-3-15-32(16-4-1)47-31-34-30-43(50-41-24-12-14-26-46(41)54-52(50)51(34)55-47)49-39-22-9-7-20-37(39)48(38-21-8-10-23-40(38)49)33-27-28-45-42(29-33)36-19-11-13-25-44(36)53(45)35-17-5-2-6-18-35/h1-31H. The third kappa shape index (κ3) is 4.38. The molecule has 12 rings (SSSR count). The molecule has 0 N–H and O–H groups in total. The molecule has 55 heavy (non-hydrogen) atoms. The van der Waals surface area contributed by atoms with Crippen LogP contribution in [0.4, 0.5) is 0 Å². The van der Waals surface area contributed by atoms with E-state index >= 15 is 0 Å². The van der Waals surface area contributed by atoms with Crippen LogP contribution in [-0.4, -0.2) is 4.57 Å². The summed E-state index contributed by atoms with van der Waals surface area (Å²) in [5.41, 5.74) is 11.7. The van der Waals surface area contributed by atoms with Gasteiger partial charge >= 0.3 is 0 Å². The van der Waals surface area contributed by atoms with Crippen molar-refractivity contribution >= 4 is 76.3 Å². The lowest BCUT2D eigenvalue weighted by atomic mass is 9.84. The van der Waals surface area contributed by atoms with E-state index in [1.165, 1.54) is 60.0 Å². The Morgan fingerprint density at radius 3 is 1.67 bits per heavy atom. The Labute approximate surface area is 315 Å². The molecule has 9 aromatic carbocycles. The summed E-state index contributed by atoms with van der Waals surface area (Å²) in [6.45, 7) is 0. The number of rotatable bonds is 4. The van der Waals surface area contributed by atoms with Crippen LogP contribution in [0.2, 0.25) is 0 Å². The van der Waals surface area contributed by atoms with E-state index in [0.29, 0.717) is 0 Å². The monoisotopic (exact) mass is 701 g/mol. The van der Waals surface area contributed by atoms with E-state index in [0.717, 1.165) is 55.5 Å². The zero-order valence-corrected chi connectivity index (χ0v) is 29.7. The number of benzene rings is 9. The van der Waals surface area contributed by atoms with Crippen LogP contribution in [0.3, 0.4) is 0 Å². The number of nitrogens with zero attached hydrogens (tertiary/aromatic N) is 1. The van der Waals surface area contributed by atoms with Crippen molar-refractivity contribution in [1.82, 2.24) is 4.57 Å². The lowest BCUT2D eigenvalue weighted by Crippen LogP contribution is -1.93. The smallest absolute Gasteiger partial charge is 0.179 e. The van der Waals surface area contributed by atoms with Crippen LogP contribution in [0.5, 0.6) is 0 Å². The molecule has 0 aliphatic rings. The molecule has 3 aromatic heterocycles. The summed E-state index contributed by atoms with van der Waals surface area (Å²) in [4.78, 5) is 0. The summed E-state index contributed by atoms with van der Waals surface area (Å²) in [5.74, 6) is 0.823. The molecule has 0 radical (unpaired) electrons. The maximum absolute atomic E-state index is 6.71. The minimum Gasteiger partial charge on any atom is -0.452 e. The van der Waals surface area contributed by atoms with E-state index in [-0.39, 0.29) is 0 Å². The molecule has 0 saturated carbocycles. The summed E-state index contributed by atoms with van der Waals surface area (Å²) < 4.78 is 15.7. The number of para-hydroxylation sites is 3. The number of hydrogen-bond donors (Lipinski definition) is 0. The Morgan fingerprint density at radius 2 is 0.945 bits per heavy atom. The van der Waals surface area contributed by atoms with E-state index < -0.39 is 0 Å². The highest BCUT2D eigenvalue weighted by molar-refractivity contribution is 6.28. The fourth-order valence-corrected chi connectivity index (χ4v) is 9.05. The van der Waals surface area contributed by atoms with Crippen molar-refractivity contribution in [2.24, 2.45) is 0 Å². The van der Waals surface area contributed by atoms with Crippen molar-refractivity contribution in [1.29, 1.82) is 0 Å². The Bertz CT molecular complexity index is 3420. The molecule has 0 aliphatic carbocycles. The maximum atomic E-state index is 6.71. The first kappa shape index (κ1) is 30.1. The van der Waals surface area contributed by atoms with Gasteiger partial charge in [-0.2, -0.15) is 0 Å². The summed E-state index contributed by atoms with van der Waals surface area (Å²) in [7, 11) is 0. The van der Waals surface area contributed by atoms with E-state index in [2.05, 4.69) is 168 Å². The quantitative estimate of drug-likeness (QED) is 0.171. The molecular formula is C52H31NO2. The Balaban J connectivity index is 1.18. The van der Waals surface area contributed by atoms with Crippen LogP contribution < -0.4 is 0 Å². The molecule has 0 fully saturated rings. The third-order valence-corrected chi connectivity index (χ3v) is 11.4. The van der Waals surface area contributed by atoms with Crippen molar-refractivity contribution in [3.05, 3.63) is 188 Å². The highest BCUT2D eigenvalue weighted by atomic mass is 16.4. The Hall–Kier alpha value is -7.36. The predicted molar refractivity (Wildman–Crippen MR) is 229 cm³/mol. The van der Waals surface area contributed by atoms with Crippen molar-refractivity contribution in [2.75, 3.05) is 0 Å².